The van der Waals surface area contributed by atoms with E-state index in [0.717, 1.165) is 61.6 Å². The number of thiophene rings is 1. The first-order valence-corrected chi connectivity index (χ1v) is 13.5. The Kier molecular flexibility index (Phi) is 6.08. The predicted molar refractivity (Wildman–Crippen MR) is 146 cm³/mol. The Morgan fingerprint density at radius 1 is 1.11 bits per heavy atom. The van der Waals surface area contributed by atoms with Crippen molar-refractivity contribution in [1.82, 2.24) is 20.2 Å². The molecule has 9 heteroatoms. The van der Waals surface area contributed by atoms with E-state index in [2.05, 4.69) is 52.6 Å². The third kappa shape index (κ3) is 4.43. The molecule has 3 aromatic heterocycles. The number of fused-ring (bicyclic) bond motifs is 5. The van der Waals surface area contributed by atoms with Crippen LogP contribution in [-0.4, -0.2) is 58.7 Å². The lowest BCUT2D eigenvalue weighted by Crippen LogP contribution is -2.44. The SMILES string of the molecule is C[C@@H]1CNc2c(sc3ccc4nc(-c5cc(Cl)nc(CN6C[C@@H](C)O[C@@H](C)C6)c5)ccc4c23)C(=O)N1. The molecule has 0 bridgehead atoms. The van der Waals surface area contributed by atoms with Crippen molar-refractivity contribution in [1.29, 1.82) is 0 Å². The number of benzene rings is 1. The van der Waals surface area contributed by atoms with Gasteiger partial charge in [-0.1, -0.05) is 11.6 Å². The molecule has 2 aliphatic heterocycles. The number of pyridine rings is 2. The van der Waals surface area contributed by atoms with Gasteiger partial charge in [-0.3, -0.25) is 9.69 Å². The number of nitrogens with zero attached hydrogens (tertiary/aromatic N) is 3. The summed E-state index contributed by atoms with van der Waals surface area (Å²) in [4.78, 5) is 25.4. The lowest BCUT2D eigenvalue weighted by atomic mass is 10.1. The van der Waals surface area contributed by atoms with E-state index in [1.54, 1.807) is 0 Å². The average molecular weight is 522 g/mol. The summed E-state index contributed by atoms with van der Waals surface area (Å²) in [6.07, 6.45) is 0.393. The number of rotatable bonds is 3. The molecule has 7 nitrogen and oxygen atoms in total. The molecule has 0 radical (unpaired) electrons. The monoisotopic (exact) mass is 521 g/mol. The van der Waals surface area contributed by atoms with Gasteiger partial charge in [0, 0.05) is 53.3 Å². The summed E-state index contributed by atoms with van der Waals surface area (Å²) in [5.74, 6) is -0.0237. The molecule has 4 aromatic rings. The van der Waals surface area contributed by atoms with Crippen LogP contribution in [0.3, 0.4) is 0 Å². The number of anilines is 1. The molecule has 5 heterocycles. The number of amides is 1. The zero-order chi connectivity index (χ0) is 25.0. The molecule has 2 aliphatic rings. The van der Waals surface area contributed by atoms with Crippen LogP contribution in [0, 0.1) is 0 Å². The van der Waals surface area contributed by atoms with Crippen molar-refractivity contribution in [2.24, 2.45) is 0 Å². The van der Waals surface area contributed by atoms with Crippen LogP contribution in [0.2, 0.25) is 5.15 Å². The van der Waals surface area contributed by atoms with Crippen LogP contribution in [0.5, 0.6) is 0 Å². The van der Waals surface area contributed by atoms with E-state index in [1.165, 1.54) is 11.3 Å². The molecule has 0 saturated carbocycles. The summed E-state index contributed by atoms with van der Waals surface area (Å²) < 4.78 is 6.94. The van der Waals surface area contributed by atoms with Gasteiger partial charge in [-0.2, -0.15) is 0 Å². The summed E-state index contributed by atoms with van der Waals surface area (Å²) in [5.41, 5.74) is 4.49. The second kappa shape index (κ2) is 9.27. The predicted octanol–water partition coefficient (Wildman–Crippen LogP) is 5.32. The van der Waals surface area contributed by atoms with Gasteiger partial charge in [0.2, 0.25) is 0 Å². The average Bonchev–Trinajstić information content (AvgIpc) is 3.14. The molecule has 0 aliphatic carbocycles. The zero-order valence-corrected chi connectivity index (χ0v) is 22.0. The molecule has 2 N–H and O–H groups in total. The third-order valence-electron chi connectivity index (χ3n) is 6.71. The maximum Gasteiger partial charge on any atom is 0.263 e. The van der Waals surface area contributed by atoms with Crippen molar-refractivity contribution in [3.8, 4) is 11.3 Å². The van der Waals surface area contributed by atoms with Gasteiger partial charge in [0.25, 0.3) is 5.91 Å². The minimum Gasteiger partial charge on any atom is -0.381 e. The second-order valence-corrected chi connectivity index (χ2v) is 11.3. The van der Waals surface area contributed by atoms with Crippen molar-refractivity contribution in [3.05, 3.63) is 52.1 Å². The molecule has 0 unspecified atom stereocenters. The molecule has 0 spiro atoms. The number of carbonyl (C=O) groups excluding carboxylic acids is 1. The van der Waals surface area contributed by atoms with Gasteiger partial charge < -0.3 is 15.4 Å². The first kappa shape index (κ1) is 23.6. The third-order valence-corrected chi connectivity index (χ3v) is 8.06. The van der Waals surface area contributed by atoms with Crippen LogP contribution in [0.25, 0.3) is 32.2 Å². The lowest BCUT2D eigenvalue weighted by molar-refractivity contribution is -0.0707. The highest BCUT2D eigenvalue weighted by Crippen LogP contribution is 2.41. The molecular formula is C27H28ClN5O2S. The normalized spacial score (nSPS) is 22.8. The fourth-order valence-electron chi connectivity index (χ4n) is 5.31. The van der Waals surface area contributed by atoms with E-state index in [0.29, 0.717) is 18.2 Å². The fraction of sp³-hybridized carbons (Fsp3) is 0.370. The van der Waals surface area contributed by atoms with E-state index in [9.17, 15) is 4.79 Å². The van der Waals surface area contributed by atoms with Crippen molar-refractivity contribution in [3.63, 3.8) is 0 Å². The molecule has 36 heavy (non-hydrogen) atoms. The summed E-state index contributed by atoms with van der Waals surface area (Å²) >= 11 is 7.97. The molecule has 1 amide bonds. The van der Waals surface area contributed by atoms with E-state index >= 15 is 0 Å². The largest absolute Gasteiger partial charge is 0.381 e. The Hall–Kier alpha value is -2.78. The standard InChI is InChI=1S/C27H28ClN5O2S/c1-14-10-29-25-24-19-4-5-20(32-21(19)6-7-22(24)36-26(25)27(34)30-14)17-8-18(31-23(28)9-17)13-33-11-15(2)35-16(3)12-33/h4-9,14-16,29H,10-13H2,1-3H3,(H,30,34)/t14-,15-,16+/m1/s1. The number of carbonyl (C=O) groups is 1. The molecule has 186 valence electrons. The number of hydrogen-bond donors (Lipinski definition) is 2. The van der Waals surface area contributed by atoms with Gasteiger partial charge in [-0.25, -0.2) is 9.97 Å². The van der Waals surface area contributed by atoms with Crippen LogP contribution in [-0.2, 0) is 11.3 Å². The Morgan fingerprint density at radius 2 is 1.92 bits per heavy atom. The van der Waals surface area contributed by atoms with E-state index in [-0.39, 0.29) is 24.2 Å². The van der Waals surface area contributed by atoms with Crippen LogP contribution in [0.15, 0.2) is 36.4 Å². The Bertz CT molecular complexity index is 1480. The van der Waals surface area contributed by atoms with Crippen LogP contribution < -0.4 is 10.6 Å². The van der Waals surface area contributed by atoms with E-state index in [1.807, 2.05) is 25.1 Å². The first-order valence-electron chi connectivity index (χ1n) is 12.3. The number of halogens is 1. The number of aromatic nitrogens is 2. The summed E-state index contributed by atoms with van der Waals surface area (Å²) in [6.45, 7) is 9.35. The van der Waals surface area contributed by atoms with Gasteiger partial charge in [-0.15, -0.1) is 11.3 Å². The van der Waals surface area contributed by atoms with Crippen molar-refractivity contribution in [2.75, 3.05) is 25.0 Å². The van der Waals surface area contributed by atoms with Crippen molar-refractivity contribution >= 4 is 55.5 Å². The van der Waals surface area contributed by atoms with Gasteiger partial charge in [-0.05, 0) is 57.2 Å². The summed E-state index contributed by atoms with van der Waals surface area (Å²) in [5, 5.41) is 9.08. The van der Waals surface area contributed by atoms with E-state index in [4.69, 9.17) is 21.3 Å². The first-order chi connectivity index (χ1) is 17.3. The van der Waals surface area contributed by atoms with Crippen LogP contribution in [0.4, 0.5) is 5.69 Å². The summed E-state index contributed by atoms with van der Waals surface area (Å²) in [7, 11) is 0. The van der Waals surface area contributed by atoms with Gasteiger partial charge in [0.1, 0.15) is 10.0 Å². The molecule has 6 rings (SSSR count). The highest BCUT2D eigenvalue weighted by atomic mass is 35.5. The maximum atomic E-state index is 12.7. The van der Waals surface area contributed by atoms with E-state index < -0.39 is 0 Å². The van der Waals surface area contributed by atoms with Crippen molar-refractivity contribution < 1.29 is 9.53 Å². The zero-order valence-electron chi connectivity index (χ0n) is 20.5. The lowest BCUT2D eigenvalue weighted by Gasteiger charge is -2.35. The Morgan fingerprint density at radius 3 is 2.72 bits per heavy atom. The van der Waals surface area contributed by atoms with Crippen LogP contribution in [0.1, 0.15) is 36.1 Å². The van der Waals surface area contributed by atoms with Gasteiger partial charge in [0.05, 0.1) is 34.8 Å². The minimum atomic E-state index is -0.0237. The van der Waals surface area contributed by atoms with Gasteiger partial charge >= 0.3 is 0 Å². The molecule has 1 aromatic carbocycles. The molecule has 3 atom stereocenters. The Labute approximate surface area is 218 Å². The second-order valence-electron chi connectivity index (χ2n) is 9.88. The highest BCUT2D eigenvalue weighted by Gasteiger charge is 2.25. The smallest absolute Gasteiger partial charge is 0.263 e. The molecular weight excluding hydrogens is 494 g/mol. The quantitative estimate of drug-likeness (QED) is 0.355. The molecule has 1 saturated heterocycles. The highest BCUT2D eigenvalue weighted by molar-refractivity contribution is 7.21. The number of nitrogens with one attached hydrogen (secondary N) is 2. The Balaban J connectivity index is 1.37. The van der Waals surface area contributed by atoms with Gasteiger partial charge in [0.15, 0.2) is 0 Å². The fourth-order valence-corrected chi connectivity index (χ4v) is 6.63. The number of ether oxygens (including phenoxy) is 1. The number of hydrogen-bond acceptors (Lipinski definition) is 7. The number of morpholine rings is 1. The van der Waals surface area contributed by atoms with Crippen molar-refractivity contribution in [2.45, 2.75) is 45.6 Å². The summed E-state index contributed by atoms with van der Waals surface area (Å²) in [6, 6.07) is 12.2. The minimum absolute atomic E-state index is 0.0237. The maximum absolute atomic E-state index is 12.7. The van der Waals surface area contributed by atoms with Crippen LogP contribution >= 0.6 is 22.9 Å². The topological polar surface area (TPSA) is 79.4 Å². The molecule has 1 fully saturated rings.